The Hall–Kier alpha value is -3.62. The van der Waals surface area contributed by atoms with E-state index in [1.807, 2.05) is 50.2 Å². The van der Waals surface area contributed by atoms with Gasteiger partial charge in [0.2, 0.25) is 0 Å². The van der Waals surface area contributed by atoms with Gasteiger partial charge in [-0.2, -0.15) is 0 Å². The Bertz CT molecular complexity index is 1520. The Morgan fingerprint density at radius 1 is 0.674 bits per heavy atom. The third-order valence-corrected chi connectivity index (χ3v) is 7.71. The number of methoxy groups -OCH3 is 2. The highest BCUT2D eigenvalue weighted by Crippen LogP contribution is 2.35. The van der Waals surface area contributed by atoms with Crippen molar-refractivity contribution in [2.24, 2.45) is 11.8 Å². The van der Waals surface area contributed by atoms with Gasteiger partial charge in [0, 0.05) is 40.9 Å². The molecule has 2 atom stereocenters. The molecule has 0 amide bonds. The second kappa shape index (κ2) is 14.7. The quantitative estimate of drug-likeness (QED) is 0.237. The molecule has 4 aromatic rings. The van der Waals surface area contributed by atoms with Crippen LogP contribution in [0.25, 0.3) is 0 Å². The summed E-state index contributed by atoms with van der Waals surface area (Å²) in [6, 6.07) is 16.0. The van der Waals surface area contributed by atoms with Gasteiger partial charge in [0.15, 0.2) is 0 Å². The van der Waals surface area contributed by atoms with Crippen LogP contribution in [0.5, 0.6) is 11.5 Å². The Balaban J connectivity index is 0.000000225. The number of nitrogens with zero attached hydrogens (tertiary/aromatic N) is 5. The minimum Gasteiger partial charge on any atom is -0.497 e. The van der Waals surface area contributed by atoms with Crippen molar-refractivity contribution in [3.05, 3.63) is 82.7 Å². The lowest BCUT2D eigenvalue weighted by molar-refractivity contribution is 0.414. The van der Waals surface area contributed by atoms with E-state index in [-0.39, 0.29) is 24.8 Å². The minimum atomic E-state index is 0. The molecule has 43 heavy (non-hydrogen) atoms. The lowest BCUT2D eigenvalue weighted by Gasteiger charge is -2.21. The number of nitrogens with one attached hydrogen (secondary N) is 1. The molecule has 0 fully saturated rings. The van der Waals surface area contributed by atoms with Crippen molar-refractivity contribution >= 4 is 47.8 Å². The molecule has 2 aromatic carbocycles. The summed E-state index contributed by atoms with van der Waals surface area (Å²) < 4.78 is 10.4. The Labute approximate surface area is 267 Å². The third-order valence-electron chi connectivity index (χ3n) is 7.71. The lowest BCUT2D eigenvalue weighted by atomic mass is 10.1. The van der Waals surface area contributed by atoms with Crippen molar-refractivity contribution in [1.29, 1.82) is 0 Å². The van der Waals surface area contributed by atoms with Crippen LogP contribution in [-0.4, -0.2) is 41.2 Å². The van der Waals surface area contributed by atoms with Crippen LogP contribution >= 0.6 is 24.8 Å². The van der Waals surface area contributed by atoms with E-state index in [0.29, 0.717) is 11.8 Å². The van der Waals surface area contributed by atoms with E-state index in [1.54, 1.807) is 14.2 Å². The Kier molecular flexibility index (Phi) is 11.6. The number of anilines is 4. The van der Waals surface area contributed by atoms with Crippen LogP contribution in [0.3, 0.4) is 0 Å². The highest BCUT2D eigenvalue weighted by molar-refractivity contribution is 5.85. The number of aromatic nitrogens is 4. The standard InChI is InChI=1S/C17H21N3O.C16H19N3O.2ClH/c1-11-9-15-16(10-11)18-12(2)19-17(15)20(3)13-5-7-14(21-4)8-6-13;1-10-8-14-15(9-10)17-11(2)18-16(14)19-12-4-6-13(20-3)7-5-12;;/h5-8,11H,9-10H2,1-4H3;4-7,10H,8-9H2,1-3H3,(H,17,18,19);2*1H. The number of aryl methyl sites for hydroxylation is 2. The number of fused-ring (bicyclic) bond motifs is 2. The molecular formula is C33H42Cl2N6O2. The Morgan fingerprint density at radius 2 is 1.16 bits per heavy atom. The summed E-state index contributed by atoms with van der Waals surface area (Å²) in [6.45, 7) is 8.44. The van der Waals surface area contributed by atoms with Crippen LogP contribution < -0.4 is 19.7 Å². The maximum atomic E-state index is 5.22. The molecule has 2 aromatic heterocycles. The van der Waals surface area contributed by atoms with Crippen molar-refractivity contribution in [3.8, 4) is 11.5 Å². The second-order valence-corrected chi connectivity index (χ2v) is 11.2. The highest BCUT2D eigenvalue weighted by atomic mass is 35.5. The van der Waals surface area contributed by atoms with Crippen LogP contribution in [0.1, 0.15) is 48.0 Å². The van der Waals surface area contributed by atoms with Gasteiger partial charge in [-0.05, 0) is 99.9 Å². The van der Waals surface area contributed by atoms with E-state index in [0.717, 1.165) is 71.8 Å². The fourth-order valence-corrected chi connectivity index (χ4v) is 5.67. The fourth-order valence-electron chi connectivity index (χ4n) is 5.67. The van der Waals surface area contributed by atoms with Gasteiger partial charge in [0.25, 0.3) is 0 Å². The number of halogens is 2. The van der Waals surface area contributed by atoms with Gasteiger partial charge >= 0.3 is 0 Å². The smallest absolute Gasteiger partial charge is 0.139 e. The van der Waals surface area contributed by atoms with Gasteiger partial charge in [-0.3, -0.25) is 0 Å². The van der Waals surface area contributed by atoms with E-state index in [9.17, 15) is 0 Å². The maximum Gasteiger partial charge on any atom is 0.139 e. The molecular weight excluding hydrogens is 583 g/mol. The van der Waals surface area contributed by atoms with E-state index >= 15 is 0 Å². The topological polar surface area (TPSA) is 85.3 Å². The average molecular weight is 626 g/mol. The molecule has 2 unspecified atom stereocenters. The molecule has 0 radical (unpaired) electrons. The zero-order valence-corrected chi connectivity index (χ0v) is 27.6. The number of hydrogen-bond acceptors (Lipinski definition) is 8. The maximum absolute atomic E-state index is 5.22. The van der Waals surface area contributed by atoms with Crippen LogP contribution in [0, 0.1) is 25.7 Å². The molecule has 0 saturated heterocycles. The predicted molar refractivity (Wildman–Crippen MR) is 179 cm³/mol. The molecule has 10 heteroatoms. The molecule has 2 aliphatic carbocycles. The average Bonchev–Trinajstić information content (AvgIpc) is 3.53. The molecule has 0 bridgehead atoms. The van der Waals surface area contributed by atoms with Crippen LogP contribution in [-0.2, 0) is 25.7 Å². The van der Waals surface area contributed by atoms with Gasteiger partial charge in [-0.1, -0.05) is 13.8 Å². The number of rotatable bonds is 6. The molecule has 2 aliphatic rings. The lowest BCUT2D eigenvalue weighted by Crippen LogP contribution is -2.15. The number of benzene rings is 2. The molecule has 1 N–H and O–H groups in total. The summed E-state index contributed by atoms with van der Waals surface area (Å²) >= 11 is 0. The van der Waals surface area contributed by atoms with Crippen LogP contribution in [0.2, 0.25) is 0 Å². The summed E-state index contributed by atoms with van der Waals surface area (Å²) in [6.07, 6.45) is 4.22. The molecule has 230 valence electrons. The van der Waals surface area contributed by atoms with E-state index < -0.39 is 0 Å². The first-order chi connectivity index (χ1) is 19.7. The van der Waals surface area contributed by atoms with Crippen molar-refractivity contribution in [3.63, 3.8) is 0 Å². The molecule has 6 rings (SSSR count). The first-order valence-corrected chi connectivity index (χ1v) is 14.3. The van der Waals surface area contributed by atoms with Crippen LogP contribution in [0.4, 0.5) is 23.0 Å². The van der Waals surface area contributed by atoms with Crippen molar-refractivity contribution in [2.75, 3.05) is 31.5 Å². The molecule has 0 saturated carbocycles. The zero-order chi connectivity index (χ0) is 29.1. The largest absolute Gasteiger partial charge is 0.497 e. The molecule has 2 heterocycles. The van der Waals surface area contributed by atoms with Crippen molar-refractivity contribution < 1.29 is 9.47 Å². The molecule has 0 spiro atoms. The van der Waals surface area contributed by atoms with Gasteiger partial charge in [-0.25, -0.2) is 19.9 Å². The van der Waals surface area contributed by atoms with E-state index in [1.165, 1.54) is 22.5 Å². The second-order valence-electron chi connectivity index (χ2n) is 11.2. The van der Waals surface area contributed by atoms with Gasteiger partial charge < -0.3 is 19.7 Å². The van der Waals surface area contributed by atoms with E-state index in [2.05, 4.69) is 63.2 Å². The predicted octanol–water partition coefficient (Wildman–Crippen LogP) is 7.41. The summed E-state index contributed by atoms with van der Waals surface area (Å²) in [5.41, 5.74) is 7.10. The Morgan fingerprint density at radius 3 is 1.72 bits per heavy atom. The first kappa shape index (κ1) is 33.9. The monoisotopic (exact) mass is 624 g/mol. The summed E-state index contributed by atoms with van der Waals surface area (Å²) in [5.74, 6) is 6.68. The first-order valence-electron chi connectivity index (χ1n) is 14.3. The van der Waals surface area contributed by atoms with Crippen molar-refractivity contribution in [1.82, 2.24) is 19.9 Å². The van der Waals surface area contributed by atoms with Crippen LogP contribution in [0.15, 0.2) is 48.5 Å². The third kappa shape index (κ3) is 7.86. The van der Waals surface area contributed by atoms with E-state index in [4.69, 9.17) is 9.47 Å². The highest BCUT2D eigenvalue weighted by Gasteiger charge is 2.26. The SMILES string of the molecule is COc1ccc(N(C)c2nc(C)nc3c2CC(C)C3)cc1.COc1ccc(Nc2nc(C)nc3c2CC(C)C3)cc1.Cl.Cl. The molecule has 0 aliphatic heterocycles. The zero-order valence-electron chi connectivity index (χ0n) is 26.0. The normalized spacial score (nSPS) is 16.0. The van der Waals surface area contributed by atoms with Gasteiger partial charge in [0.05, 0.1) is 14.2 Å². The minimum absolute atomic E-state index is 0. The number of ether oxygens (including phenoxy) is 2. The summed E-state index contributed by atoms with van der Waals surface area (Å²) in [4.78, 5) is 20.6. The fraction of sp³-hybridized carbons (Fsp3) is 0.394. The molecule has 8 nitrogen and oxygen atoms in total. The summed E-state index contributed by atoms with van der Waals surface area (Å²) in [5, 5.41) is 3.41. The summed E-state index contributed by atoms with van der Waals surface area (Å²) in [7, 11) is 5.41. The van der Waals surface area contributed by atoms with Gasteiger partial charge in [0.1, 0.15) is 34.8 Å². The number of hydrogen-bond donors (Lipinski definition) is 1. The van der Waals surface area contributed by atoms with Gasteiger partial charge in [-0.15, -0.1) is 24.8 Å². The van der Waals surface area contributed by atoms with Crippen molar-refractivity contribution in [2.45, 2.75) is 53.4 Å².